The van der Waals surface area contributed by atoms with Crippen molar-refractivity contribution in [1.29, 1.82) is 0 Å². The maximum absolute atomic E-state index is 14.1. The summed E-state index contributed by atoms with van der Waals surface area (Å²) >= 11 is 6.09. The Morgan fingerprint density at radius 1 is 0.952 bits per heavy atom. The predicted molar refractivity (Wildman–Crippen MR) is 165 cm³/mol. The van der Waals surface area contributed by atoms with Gasteiger partial charge in [0.05, 0.1) is 24.8 Å². The lowest BCUT2D eigenvalue weighted by Gasteiger charge is -2.33. The number of sulfonamides is 1. The molecule has 0 aliphatic rings. The van der Waals surface area contributed by atoms with E-state index in [4.69, 9.17) is 21.1 Å². The normalized spacial score (nSPS) is 12.3. The van der Waals surface area contributed by atoms with Gasteiger partial charge < -0.3 is 19.7 Å². The first-order valence-corrected chi connectivity index (χ1v) is 15.2. The maximum Gasteiger partial charge on any atom is 0.264 e. The molecule has 42 heavy (non-hydrogen) atoms. The summed E-state index contributed by atoms with van der Waals surface area (Å²) < 4.78 is 39.8. The van der Waals surface area contributed by atoms with Gasteiger partial charge in [-0.25, -0.2) is 8.42 Å². The molecule has 0 heterocycles. The van der Waals surface area contributed by atoms with Crippen molar-refractivity contribution in [1.82, 2.24) is 10.2 Å². The third-order valence-corrected chi connectivity index (χ3v) is 8.46. The number of methoxy groups -OCH3 is 2. The molecule has 0 aliphatic carbocycles. The van der Waals surface area contributed by atoms with Gasteiger partial charge in [0.2, 0.25) is 11.8 Å². The van der Waals surface area contributed by atoms with Crippen molar-refractivity contribution in [2.24, 2.45) is 0 Å². The Morgan fingerprint density at radius 2 is 1.60 bits per heavy atom. The third kappa shape index (κ3) is 8.17. The number of anilines is 1. The highest BCUT2D eigenvalue weighted by Crippen LogP contribution is 2.32. The van der Waals surface area contributed by atoms with Gasteiger partial charge in [0.1, 0.15) is 12.6 Å². The Hall–Kier alpha value is -3.76. The highest BCUT2D eigenvalue weighted by molar-refractivity contribution is 7.92. The standard InChI is InChI=1S/C31H38ClN3O6S/c1-21-9-8-10-23(17-21)19-34(22(2)30(37)33-31(3,4)5)29(36)20-35(25-13-11-24(32)12-14-25)42(38,39)26-15-16-27(40-6)28(18-26)41-7/h8-18,22H,19-20H2,1-7H3,(H,33,37)/t22-/m1/s1. The number of carbonyl (C=O) groups is 2. The lowest BCUT2D eigenvalue weighted by atomic mass is 10.1. The van der Waals surface area contributed by atoms with Gasteiger partial charge in [-0.15, -0.1) is 0 Å². The lowest BCUT2D eigenvalue weighted by Crippen LogP contribution is -2.54. The zero-order valence-corrected chi connectivity index (χ0v) is 26.5. The highest BCUT2D eigenvalue weighted by atomic mass is 35.5. The Kier molecular flexibility index (Phi) is 10.5. The van der Waals surface area contributed by atoms with Gasteiger partial charge >= 0.3 is 0 Å². The molecular weight excluding hydrogens is 578 g/mol. The zero-order chi connectivity index (χ0) is 31.2. The second kappa shape index (κ2) is 13.5. The fourth-order valence-corrected chi connectivity index (χ4v) is 5.86. The first kappa shape index (κ1) is 32.8. The Bertz CT molecular complexity index is 1520. The molecule has 3 rings (SSSR count). The number of ether oxygens (including phenoxy) is 2. The highest BCUT2D eigenvalue weighted by Gasteiger charge is 2.33. The van der Waals surface area contributed by atoms with E-state index >= 15 is 0 Å². The number of amides is 2. The second-order valence-corrected chi connectivity index (χ2v) is 13.2. The summed E-state index contributed by atoms with van der Waals surface area (Å²) in [6.45, 7) is 8.64. The van der Waals surface area contributed by atoms with Crippen LogP contribution in [0.5, 0.6) is 11.5 Å². The minimum Gasteiger partial charge on any atom is -0.493 e. The molecule has 0 saturated heterocycles. The molecule has 11 heteroatoms. The van der Waals surface area contributed by atoms with Crippen LogP contribution in [0, 0.1) is 6.92 Å². The van der Waals surface area contributed by atoms with Crippen LogP contribution in [-0.2, 0) is 26.2 Å². The monoisotopic (exact) mass is 615 g/mol. The smallest absolute Gasteiger partial charge is 0.264 e. The molecule has 0 radical (unpaired) electrons. The van der Waals surface area contributed by atoms with Crippen LogP contribution < -0.4 is 19.1 Å². The topological polar surface area (TPSA) is 105 Å². The molecule has 0 fully saturated rings. The van der Waals surface area contributed by atoms with Crippen LogP contribution in [0.25, 0.3) is 0 Å². The van der Waals surface area contributed by atoms with Gasteiger partial charge in [-0.2, -0.15) is 0 Å². The van der Waals surface area contributed by atoms with Crippen LogP contribution in [0.1, 0.15) is 38.8 Å². The predicted octanol–water partition coefficient (Wildman–Crippen LogP) is 5.19. The average molecular weight is 616 g/mol. The number of hydrogen-bond acceptors (Lipinski definition) is 6. The number of benzene rings is 3. The van der Waals surface area contributed by atoms with Crippen LogP contribution in [0.4, 0.5) is 5.69 Å². The molecular formula is C31H38ClN3O6S. The van der Waals surface area contributed by atoms with E-state index in [0.717, 1.165) is 15.4 Å². The SMILES string of the molecule is COc1ccc(S(=O)(=O)N(CC(=O)N(Cc2cccc(C)c2)[C@H](C)C(=O)NC(C)(C)C)c2ccc(Cl)cc2)cc1OC. The molecule has 226 valence electrons. The summed E-state index contributed by atoms with van der Waals surface area (Å²) in [6, 6.07) is 17.0. The first-order chi connectivity index (χ1) is 19.7. The number of rotatable bonds is 11. The molecule has 9 nitrogen and oxygen atoms in total. The van der Waals surface area contributed by atoms with Crippen molar-refractivity contribution in [3.8, 4) is 11.5 Å². The molecule has 0 unspecified atom stereocenters. The molecule has 1 atom stereocenters. The maximum atomic E-state index is 14.1. The number of nitrogens with one attached hydrogen (secondary N) is 1. The minimum atomic E-state index is -4.30. The summed E-state index contributed by atoms with van der Waals surface area (Å²) in [5.74, 6) is -0.348. The molecule has 0 spiro atoms. The van der Waals surface area contributed by atoms with Crippen LogP contribution >= 0.6 is 11.6 Å². The number of halogens is 1. The van der Waals surface area contributed by atoms with E-state index in [-0.39, 0.29) is 28.8 Å². The van der Waals surface area contributed by atoms with Gasteiger partial charge in [-0.05, 0) is 76.6 Å². The molecule has 2 amide bonds. The van der Waals surface area contributed by atoms with E-state index in [2.05, 4.69) is 5.32 Å². The summed E-state index contributed by atoms with van der Waals surface area (Å²) in [5.41, 5.74) is 1.49. The second-order valence-electron chi connectivity index (χ2n) is 10.9. The van der Waals surface area contributed by atoms with Crippen molar-refractivity contribution in [2.75, 3.05) is 25.1 Å². The first-order valence-electron chi connectivity index (χ1n) is 13.3. The zero-order valence-electron chi connectivity index (χ0n) is 25.0. The van der Waals surface area contributed by atoms with Crippen molar-refractivity contribution in [3.05, 3.63) is 82.9 Å². The van der Waals surface area contributed by atoms with Gasteiger partial charge in [-0.1, -0.05) is 41.4 Å². The van der Waals surface area contributed by atoms with Crippen molar-refractivity contribution < 1.29 is 27.5 Å². The summed E-state index contributed by atoms with van der Waals surface area (Å²) in [4.78, 5) is 28.6. The Balaban J connectivity index is 2.08. The van der Waals surface area contributed by atoms with Gasteiger partial charge in [0.15, 0.2) is 11.5 Å². The summed E-state index contributed by atoms with van der Waals surface area (Å²) in [7, 11) is -1.45. The van der Waals surface area contributed by atoms with E-state index in [1.54, 1.807) is 19.1 Å². The fourth-order valence-electron chi connectivity index (χ4n) is 4.30. The number of aryl methyl sites for hydroxylation is 1. The van der Waals surface area contributed by atoms with Crippen molar-refractivity contribution in [2.45, 2.75) is 57.6 Å². The Labute approximate surface area is 253 Å². The van der Waals surface area contributed by atoms with Crippen molar-refractivity contribution >= 4 is 39.1 Å². The lowest BCUT2D eigenvalue weighted by molar-refractivity contribution is -0.140. The van der Waals surface area contributed by atoms with Gasteiger partial charge in [-0.3, -0.25) is 13.9 Å². The van der Waals surface area contributed by atoms with Crippen LogP contribution in [0.15, 0.2) is 71.6 Å². The summed E-state index contributed by atoms with van der Waals surface area (Å²) in [6.07, 6.45) is 0. The number of hydrogen-bond donors (Lipinski definition) is 1. The van der Waals surface area contributed by atoms with E-state index in [1.807, 2.05) is 52.0 Å². The largest absolute Gasteiger partial charge is 0.493 e. The summed E-state index contributed by atoms with van der Waals surface area (Å²) in [5, 5.41) is 3.32. The molecule has 3 aromatic rings. The molecule has 0 saturated carbocycles. The molecule has 1 N–H and O–H groups in total. The molecule has 0 bridgehead atoms. The van der Waals surface area contributed by atoms with Gasteiger partial charge in [0, 0.05) is 23.2 Å². The number of carbonyl (C=O) groups excluding carboxylic acids is 2. The molecule has 3 aromatic carbocycles. The van der Waals surface area contributed by atoms with E-state index in [1.165, 1.54) is 49.5 Å². The minimum absolute atomic E-state index is 0.101. The van der Waals surface area contributed by atoms with Crippen LogP contribution in [-0.4, -0.2) is 57.5 Å². The average Bonchev–Trinajstić information content (AvgIpc) is 2.93. The molecule has 0 aliphatic heterocycles. The van der Waals surface area contributed by atoms with Gasteiger partial charge in [0.25, 0.3) is 10.0 Å². The van der Waals surface area contributed by atoms with E-state index in [9.17, 15) is 18.0 Å². The van der Waals surface area contributed by atoms with Crippen LogP contribution in [0.3, 0.4) is 0 Å². The van der Waals surface area contributed by atoms with E-state index < -0.39 is 34.1 Å². The molecule has 0 aromatic heterocycles. The quantitative estimate of drug-likeness (QED) is 0.318. The third-order valence-electron chi connectivity index (χ3n) is 6.44. The Morgan fingerprint density at radius 3 is 2.17 bits per heavy atom. The fraction of sp³-hybridized carbons (Fsp3) is 0.355. The van der Waals surface area contributed by atoms with Crippen LogP contribution in [0.2, 0.25) is 5.02 Å². The number of nitrogens with zero attached hydrogens (tertiary/aromatic N) is 2. The van der Waals surface area contributed by atoms with E-state index in [0.29, 0.717) is 10.8 Å². The van der Waals surface area contributed by atoms with Crippen molar-refractivity contribution in [3.63, 3.8) is 0 Å².